The van der Waals surface area contributed by atoms with Gasteiger partial charge in [0.15, 0.2) is 0 Å². The minimum absolute atomic E-state index is 0.863. The van der Waals surface area contributed by atoms with E-state index in [1.807, 2.05) is 21.6 Å². The highest BCUT2D eigenvalue weighted by atomic mass is 33.1. The lowest BCUT2D eigenvalue weighted by Crippen LogP contribution is -1.94. The molecule has 0 N–H and O–H groups in total. The molecule has 0 atom stereocenters. The Bertz CT molecular complexity index is 104. The van der Waals surface area contributed by atoms with Crippen molar-refractivity contribution in [3.63, 3.8) is 0 Å². The average Bonchev–Trinajstić information content (AvgIpc) is 2.41. The first-order chi connectivity index (χ1) is 4.93. The van der Waals surface area contributed by atoms with Crippen molar-refractivity contribution in [2.24, 2.45) is 5.92 Å². The summed E-state index contributed by atoms with van der Waals surface area (Å²) in [7, 11) is 4.01. The highest BCUT2D eigenvalue weighted by Gasteiger charge is 2.11. The van der Waals surface area contributed by atoms with Crippen LogP contribution in [0.5, 0.6) is 0 Å². The first-order valence-electron chi connectivity index (χ1n) is 3.84. The third-order valence-corrected chi connectivity index (χ3v) is 4.12. The van der Waals surface area contributed by atoms with Gasteiger partial charge in [-0.2, -0.15) is 0 Å². The van der Waals surface area contributed by atoms with E-state index in [1.54, 1.807) is 0 Å². The Labute approximate surface area is 71.2 Å². The third-order valence-electron chi connectivity index (χ3n) is 1.51. The summed E-state index contributed by atoms with van der Waals surface area (Å²) >= 11 is 0. The predicted octanol–water partition coefficient (Wildman–Crippen LogP) is 3.35. The number of hydrogen-bond donors (Lipinski definition) is 0. The van der Waals surface area contributed by atoms with Gasteiger partial charge in [-0.3, -0.25) is 0 Å². The molecule has 0 saturated carbocycles. The minimum atomic E-state index is 0.863. The lowest BCUT2D eigenvalue weighted by molar-refractivity contribution is 0.857. The fraction of sp³-hybridized carbons (Fsp3) is 0.750. The van der Waals surface area contributed by atoms with Gasteiger partial charge in [0, 0.05) is 11.5 Å². The second-order valence-electron chi connectivity index (χ2n) is 2.55. The largest absolute Gasteiger partial charge is 0.0935 e. The number of allylic oxidation sites excluding steroid dienone is 2. The summed E-state index contributed by atoms with van der Waals surface area (Å²) in [6, 6.07) is 0. The zero-order valence-electron chi connectivity index (χ0n) is 6.38. The molecule has 1 fully saturated rings. The van der Waals surface area contributed by atoms with Gasteiger partial charge in [0.1, 0.15) is 0 Å². The van der Waals surface area contributed by atoms with Gasteiger partial charge in [0.2, 0.25) is 0 Å². The molecule has 0 amide bonds. The highest BCUT2D eigenvalue weighted by molar-refractivity contribution is 8.77. The molecule has 0 aromatic heterocycles. The van der Waals surface area contributed by atoms with E-state index in [2.05, 4.69) is 19.1 Å². The lowest BCUT2D eigenvalue weighted by Gasteiger charge is -1.96. The van der Waals surface area contributed by atoms with Crippen LogP contribution in [0.1, 0.15) is 19.8 Å². The van der Waals surface area contributed by atoms with Crippen molar-refractivity contribution in [2.45, 2.75) is 19.8 Å². The Hall–Kier alpha value is 0.440. The van der Waals surface area contributed by atoms with Crippen LogP contribution in [0.15, 0.2) is 12.2 Å². The van der Waals surface area contributed by atoms with Gasteiger partial charge in [0.05, 0.1) is 0 Å². The number of rotatable bonds is 3. The zero-order chi connectivity index (χ0) is 7.23. The molecular weight excluding hydrogens is 160 g/mol. The smallest absolute Gasteiger partial charge is 0.0108 e. The Balaban J connectivity index is 2.10. The van der Waals surface area contributed by atoms with E-state index in [1.165, 1.54) is 24.3 Å². The standard InChI is InChI=1S/C8H14S2/c1-2-3-4-5-8-6-9-10-7-8/h4-5,8H,2-3,6-7H2,1H3/b5-4+. The Morgan fingerprint density at radius 1 is 1.40 bits per heavy atom. The molecule has 1 saturated heterocycles. The molecular formula is C8H14S2. The SMILES string of the molecule is CCC/C=C/C1CSSC1. The maximum Gasteiger partial charge on any atom is 0.0108 e. The van der Waals surface area contributed by atoms with Crippen LogP contribution < -0.4 is 0 Å². The zero-order valence-corrected chi connectivity index (χ0v) is 8.01. The van der Waals surface area contributed by atoms with Crippen molar-refractivity contribution >= 4 is 21.6 Å². The molecule has 0 aliphatic carbocycles. The summed E-state index contributed by atoms with van der Waals surface area (Å²) in [6.07, 6.45) is 7.25. The van der Waals surface area contributed by atoms with E-state index in [0.29, 0.717) is 0 Å². The molecule has 0 aromatic rings. The normalized spacial score (nSPS) is 20.9. The summed E-state index contributed by atoms with van der Waals surface area (Å²) in [5, 5.41) is 0. The van der Waals surface area contributed by atoms with Crippen LogP contribution in [-0.2, 0) is 0 Å². The maximum atomic E-state index is 2.39. The molecule has 1 aliphatic heterocycles. The van der Waals surface area contributed by atoms with E-state index >= 15 is 0 Å². The van der Waals surface area contributed by atoms with Crippen molar-refractivity contribution in [3.8, 4) is 0 Å². The molecule has 0 spiro atoms. The summed E-state index contributed by atoms with van der Waals surface area (Å²) in [5.41, 5.74) is 0. The monoisotopic (exact) mass is 174 g/mol. The molecule has 0 aromatic carbocycles. The first-order valence-corrected chi connectivity index (χ1v) is 6.33. The Morgan fingerprint density at radius 2 is 2.10 bits per heavy atom. The highest BCUT2D eigenvalue weighted by Crippen LogP contribution is 2.35. The fourth-order valence-electron chi connectivity index (χ4n) is 0.886. The van der Waals surface area contributed by atoms with E-state index in [0.717, 1.165) is 5.92 Å². The van der Waals surface area contributed by atoms with Gasteiger partial charge in [-0.05, 0) is 12.3 Å². The van der Waals surface area contributed by atoms with Gasteiger partial charge in [-0.25, -0.2) is 0 Å². The average molecular weight is 174 g/mol. The molecule has 1 rings (SSSR count). The third kappa shape index (κ3) is 3.02. The van der Waals surface area contributed by atoms with Crippen LogP contribution in [0.25, 0.3) is 0 Å². The summed E-state index contributed by atoms with van der Waals surface area (Å²) in [5.74, 6) is 3.51. The maximum absolute atomic E-state index is 2.39. The van der Waals surface area contributed by atoms with Crippen LogP contribution in [0, 0.1) is 5.92 Å². The number of hydrogen-bond acceptors (Lipinski definition) is 2. The molecule has 0 nitrogen and oxygen atoms in total. The molecule has 58 valence electrons. The van der Waals surface area contributed by atoms with E-state index in [-0.39, 0.29) is 0 Å². The summed E-state index contributed by atoms with van der Waals surface area (Å²) in [4.78, 5) is 0. The topological polar surface area (TPSA) is 0 Å². The molecule has 1 heterocycles. The fourth-order valence-corrected chi connectivity index (χ4v) is 3.66. The molecule has 0 bridgehead atoms. The minimum Gasteiger partial charge on any atom is -0.0935 e. The van der Waals surface area contributed by atoms with Crippen molar-refractivity contribution in [2.75, 3.05) is 11.5 Å². The van der Waals surface area contributed by atoms with Gasteiger partial charge in [-0.15, -0.1) is 0 Å². The van der Waals surface area contributed by atoms with Crippen LogP contribution in [0.2, 0.25) is 0 Å². The van der Waals surface area contributed by atoms with Crippen LogP contribution >= 0.6 is 21.6 Å². The van der Waals surface area contributed by atoms with E-state index < -0.39 is 0 Å². The van der Waals surface area contributed by atoms with Crippen molar-refractivity contribution in [1.29, 1.82) is 0 Å². The number of unbranched alkanes of at least 4 members (excludes halogenated alkanes) is 1. The molecule has 0 unspecified atom stereocenters. The van der Waals surface area contributed by atoms with Crippen LogP contribution in [0.3, 0.4) is 0 Å². The quantitative estimate of drug-likeness (QED) is 0.475. The molecule has 2 heteroatoms. The summed E-state index contributed by atoms with van der Waals surface area (Å²) in [6.45, 7) is 2.22. The summed E-state index contributed by atoms with van der Waals surface area (Å²) < 4.78 is 0. The second-order valence-corrected chi connectivity index (χ2v) is 5.10. The van der Waals surface area contributed by atoms with Crippen LogP contribution in [0.4, 0.5) is 0 Å². The molecule has 10 heavy (non-hydrogen) atoms. The van der Waals surface area contributed by atoms with Crippen molar-refractivity contribution in [3.05, 3.63) is 12.2 Å². The van der Waals surface area contributed by atoms with Crippen LogP contribution in [-0.4, -0.2) is 11.5 Å². The van der Waals surface area contributed by atoms with Gasteiger partial charge < -0.3 is 0 Å². The first kappa shape index (κ1) is 8.54. The van der Waals surface area contributed by atoms with Crippen molar-refractivity contribution < 1.29 is 0 Å². The van der Waals surface area contributed by atoms with Gasteiger partial charge in [0.25, 0.3) is 0 Å². The van der Waals surface area contributed by atoms with Crippen molar-refractivity contribution in [1.82, 2.24) is 0 Å². The van der Waals surface area contributed by atoms with E-state index in [9.17, 15) is 0 Å². The second kappa shape index (κ2) is 5.14. The lowest BCUT2D eigenvalue weighted by atomic mass is 10.2. The molecule has 1 aliphatic rings. The van der Waals surface area contributed by atoms with Gasteiger partial charge in [-0.1, -0.05) is 47.1 Å². The van der Waals surface area contributed by atoms with E-state index in [4.69, 9.17) is 0 Å². The molecule has 0 radical (unpaired) electrons. The Morgan fingerprint density at radius 3 is 2.70 bits per heavy atom. The Kier molecular flexibility index (Phi) is 4.39. The predicted molar refractivity (Wildman–Crippen MR) is 52.5 cm³/mol. The van der Waals surface area contributed by atoms with Gasteiger partial charge >= 0.3 is 0 Å².